The van der Waals surface area contributed by atoms with Crippen molar-refractivity contribution in [2.75, 3.05) is 13.1 Å². The minimum absolute atomic E-state index is 0.292. The molecule has 0 saturated heterocycles. The number of aliphatic carboxylic acids is 1. The van der Waals surface area contributed by atoms with Gasteiger partial charge in [-0.1, -0.05) is 61.3 Å². The zero-order valence-electron chi connectivity index (χ0n) is 21.5. The van der Waals surface area contributed by atoms with Gasteiger partial charge in [-0.05, 0) is 85.2 Å². The molecule has 1 heterocycles. The molecule has 0 aromatic heterocycles. The van der Waals surface area contributed by atoms with Gasteiger partial charge in [0.05, 0.1) is 0 Å². The molecule has 0 fully saturated rings. The van der Waals surface area contributed by atoms with Crippen LogP contribution in [0.25, 0.3) is 0 Å². The Bertz CT molecular complexity index is 1240. The molecule has 3 aromatic carbocycles. The number of carboxylic acids is 1. The summed E-state index contributed by atoms with van der Waals surface area (Å²) in [5.74, 6) is -0.539. The third-order valence-corrected chi connectivity index (χ3v) is 7.18. The number of carboxylic acid groups (broad SMARTS) is 1. The van der Waals surface area contributed by atoms with Crippen LogP contribution in [0.1, 0.15) is 59.3 Å². The summed E-state index contributed by atoms with van der Waals surface area (Å²) < 4.78 is 6.45. The average molecular weight is 520 g/mol. The standard InChI is InChI=1S/C31H34ClNO4/c1-3-4-22-5-7-24(8-6-22)20-31(2)17-15-25-19-26(11-14-28(25)37-31)30(36)33(21-29(34)35)18-16-23-9-12-27(32)13-10-23/h5-14,19H,3-4,15-18,20-21H2,1-2H3,(H,34,35)/t31-/m1/s1. The maximum absolute atomic E-state index is 13.3. The molecule has 3 aromatic rings. The first-order valence-corrected chi connectivity index (χ1v) is 13.3. The lowest BCUT2D eigenvalue weighted by molar-refractivity contribution is -0.137. The zero-order valence-corrected chi connectivity index (χ0v) is 22.3. The van der Waals surface area contributed by atoms with Crippen molar-refractivity contribution in [2.24, 2.45) is 0 Å². The number of fused-ring (bicyclic) bond motifs is 1. The number of ether oxygens (including phenoxy) is 1. The first kappa shape index (κ1) is 26.7. The van der Waals surface area contributed by atoms with Gasteiger partial charge in [0, 0.05) is 23.6 Å². The number of rotatable bonds is 10. The Morgan fingerprint density at radius 3 is 2.30 bits per heavy atom. The number of nitrogens with zero attached hydrogens (tertiary/aromatic N) is 1. The Labute approximate surface area is 224 Å². The molecule has 0 radical (unpaired) electrons. The predicted molar refractivity (Wildman–Crippen MR) is 147 cm³/mol. The number of hydrogen-bond acceptors (Lipinski definition) is 3. The Balaban J connectivity index is 1.44. The lowest BCUT2D eigenvalue weighted by Crippen LogP contribution is -2.39. The highest BCUT2D eigenvalue weighted by Gasteiger charge is 2.32. The summed E-state index contributed by atoms with van der Waals surface area (Å²) in [6, 6.07) is 21.6. The second kappa shape index (κ2) is 11.8. The van der Waals surface area contributed by atoms with Crippen molar-refractivity contribution in [1.82, 2.24) is 4.90 Å². The summed E-state index contributed by atoms with van der Waals surface area (Å²) in [4.78, 5) is 26.1. The first-order valence-electron chi connectivity index (χ1n) is 12.9. The van der Waals surface area contributed by atoms with Crippen molar-refractivity contribution in [3.8, 4) is 5.75 Å². The number of hydrogen-bond donors (Lipinski definition) is 1. The van der Waals surface area contributed by atoms with Gasteiger partial charge in [-0.15, -0.1) is 0 Å². The number of amides is 1. The fraction of sp³-hybridized carbons (Fsp3) is 0.355. The van der Waals surface area contributed by atoms with Crippen molar-refractivity contribution in [3.63, 3.8) is 0 Å². The van der Waals surface area contributed by atoms with E-state index in [2.05, 4.69) is 38.1 Å². The van der Waals surface area contributed by atoms with Crippen LogP contribution in [-0.4, -0.2) is 40.6 Å². The molecule has 1 aliphatic heterocycles. The minimum atomic E-state index is -1.04. The minimum Gasteiger partial charge on any atom is -0.487 e. The molecule has 194 valence electrons. The van der Waals surface area contributed by atoms with Crippen LogP contribution >= 0.6 is 11.6 Å². The molecule has 0 bridgehead atoms. The highest BCUT2D eigenvalue weighted by atomic mass is 35.5. The molecule has 5 nitrogen and oxygen atoms in total. The normalized spacial score (nSPS) is 16.5. The van der Waals surface area contributed by atoms with Crippen LogP contribution in [0.2, 0.25) is 5.02 Å². The predicted octanol–water partition coefficient (Wildman–Crippen LogP) is 6.39. The molecular formula is C31H34ClNO4. The smallest absolute Gasteiger partial charge is 0.323 e. The number of carbonyl (C=O) groups is 2. The molecular weight excluding hydrogens is 486 g/mol. The zero-order chi connectivity index (χ0) is 26.4. The Morgan fingerprint density at radius 2 is 1.62 bits per heavy atom. The fourth-order valence-corrected chi connectivity index (χ4v) is 5.03. The number of carbonyl (C=O) groups excluding carboxylic acids is 1. The molecule has 0 aliphatic carbocycles. The second-order valence-corrected chi connectivity index (χ2v) is 10.6. The SMILES string of the molecule is CCCc1ccc(C[C@@]2(C)CCc3cc(C(=O)N(CCc4ccc(Cl)cc4)CC(=O)O)ccc3O2)cc1. The summed E-state index contributed by atoms with van der Waals surface area (Å²) in [6.07, 6.45) is 5.22. The van der Waals surface area contributed by atoms with E-state index in [1.54, 1.807) is 18.2 Å². The Kier molecular flexibility index (Phi) is 8.55. The molecule has 0 spiro atoms. The molecule has 1 atom stereocenters. The van der Waals surface area contributed by atoms with Crippen LogP contribution in [-0.2, 0) is 30.5 Å². The summed E-state index contributed by atoms with van der Waals surface area (Å²) >= 11 is 5.95. The number of aryl methyl sites for hydroxylation is 2. The maximum Gasteiger partial charge on any atom is 0.323 e. The molecule has 0 saturated carbocycles. The molecule has 1 amide bonds. The van der Waals surface area contributed by atoms with E-state index in [4.69, 9.17) is 16.3 Å². The van der Waals surface area contributed by atoms with Gasteiger partial charge in [-0.3, -0.25) is 9.59 Å². The Morgan fingerprint density at radius 1 is 0.973 bits per heavy atom. The van der Waals surface area contributed by atoms with E-state index in [1.807, 2.05) is 24.3 Å². The van der Waals surface area contributed by atoms with E-state index in [1.165, 1.54) is 16.0 Å². The van der Waals surface area contributed by atoms with Gasteiger partial charge < -0.3 is 14.7 Å². The quantitative estimate of drug-likeness (QED) is 0.337. The third kappa shape index (κ3) is 7.14. The van der Waals surface area contributed by atoms with Gasteiger partial charge in [0.25, 0.3) is 5.91 Å². The van der Waals surface area contributed by atoms with Crippen LogP contribution in [0.5, 0.6) is 5.75 Å². The summed E-state index contributed by atoms with van der Waals surface area (Å²) in [5, 5.41) is 10.0. The first-order chi connectivity index (χ1) is 17.7. The van der Waals surface area contributed by atoms with Gasteiger partial charge in [-0.25, -0.2) is 0 Å². The van der Waals surface area contributed by atoms with E-state index in [9.17, 15) is 14.7 Å². The summed E-state index contributed by atoms with van der Waals surface area (Å²) in [5.41, 5.74) is 4.74. The molecule has 37 heavy (non-hydrogen) atoms. The van der Waals surface area contributed by atoms with Crippen molar-refractivity contribution in [3.05, 3.63) is 99.6 Å². The van der Waals surface area contributed by atoms with Gasteiger partial charge in [0.1, 0.15) is 17.9 Å². The molecule has 0 unspecified atom stereocenters. The monoisotopic (exact) mass is 519 g/mol. The van der Waals surface area contributed by atoms with E-state index >= 15 is 0 Å². The number of benzene rings is 3. The van der Waals surface area contributed by atoms with Crippen molar-refractivity contribution in [2.45, 2.75) is 58.0 Å². The van der Waals surface area contributed by atoms with Gasteiger partial charge in [-0.2, -0.15) is 0 Å². The van der Waals surface area contributed by atoms with Gasteiger partial charge >= 0.3 is 5.97 Å². The lowest BCUT2D eigenvalue weighted by atomic mass is 9.86. The van der Waals surface area contributed by atoms with Crippen molar-refractivity contribution >= 4 is 23.5 Å². The van der Waals surface area contributed by atoms with E-state index in [-0.39, 0.29) is 18.1 Å². The summed E-state index contributed by atoms with van der Waals surface area (Å²) in [7, 11) is 0. The Hall–Kier alpha value is -3.31. The average Bonchev–Trinajstić information content (AvgIpc) is 2.88. The van der Waals surface area contributed by atoms with Crippen LogP contribution in [0.4, 0.5) is 0 Å². The van der Waals surface area contributed by atoms with Crippen LogP contribution in [0.15, 0.2) is 66.7 Å². The summed E-state index contributed by atoms with van der Waals surface area (Å²) in [6.45, 7) is 4.28. The highest BCUT2D eigenvalue weighted by molar-refractivity contribution is 6.30. The molecule has 1 N–H and O–H groups in total. The van der Waals surface area contributed by atoms with E-state index < -0.39 is 5.97 Å². The van der Waals surface area contributed by atoms with Crippen molar-refractivity contribution < 1.29 is 19.4 Å². The third-order valence-electron chi connectivity index (χ3n) is 6.92. The second-order valence-electron chi connectivity index (χ2n) is 10.1. The highest BCUT2D eigenvalue weighted by Crippen LogP contribution is 2.36. The fourth-order valence-electron chi connectivity index (χ4n) is 4.91. The van der Waals surface area contributed by atoms with Gasteiger partial charge in [0.2, 0.25) is 0 Å². The maximum atomic E-state index is 13.3. The molecule has 6 heteroatoms. The van der Waals surface area contributed by atoms with Crippen molar-refractivity contribution in [1.29, 1.82) is 0 Å². The van der Waals surface area contributed by atoms with E-state index in [0.29, 0.717) is 23.6 Å². The van der Waals surface area contributed by atoms with Crippen LogP contribution in [0, 0.1) is 0 Å². The van der Waals surface area contributed by atoms with E-state index in [0.717, 1.165) is 49.0 Å². The van der Waals surface area contributed by atoms with Crippen LogP contribution in [0.3, 0.4) is 0 Å². The molecule has 1 aliphatic rings. The lowest BCUT2D eigenvalue weighted by Gasteiger charge is -2.36. The molecule has 4 rings (SSSR count). The van der Waals surface area contributed by atoms with Gasteiger partial charge in [0.15, 0.2) is 0 Å². The largest absolute Gasteiger partial charge is 0.487 e. The van der Waals surface area contributed by atoms with Crippen LogP contribution < -0.4 is 4.74 Å². The topological polar surface area (TPSA) is 66.8 Å². The number of halogens is 1.